The van der Waals surface area contributed by atoms with E-state index in [1.54, 1.807) is 0 Å². The van der Waals surface area contributed by atoms with Crippen molar-refractivity contribution in [3.05, 3.63) is 33.4 Å². The summed E-state index contributed by atoms with van der Waals surface area (Å²) in [5, 5.41) is 0. The lowest BCUT2D eigenvalue weighted by atomic mass is 9.91. The summed E-state index contributed by atoms with van der Waals surface area (Å²) in [6.07, 6.45) is 2.52. The second-order valence-electron chi connectivity index (χ2n) is 3.90. The Balaban J connectivity index is 2.16. The van der Waals surface area contributed by atoms with Gasteiger partial charge in [0, 0.05) is 22.0 Å². The van der Waals surface area contributed by atoms with Crippen LogP contribution in [0.3, 0.4) is 0 Å². The Morgan fingerprint density at radius 2 is 2.07 bits per heavy atom. The minimum absolute atomic E-state index is 0.202. The summed E-state index contributed by atoms with van der Waals surface area (Å²) in [5.41, 5.74) is 1.26. The van der Waals surface area contributed by atoms with Crippen LogP contribution in [0.15, 0.2) is 24.3 Å². The van der Waals surface area contributed by atoms with Gasteiger partial charge in [-0.1, -0.05) is 12.1 Å². The van der Waals surface area contributed by atoms with Gasteiger partial charge in [-0.2, -0.15) is 0 Å². The van der Waals surface area contributed by atoms with Crippen LogP contribution in [0.4, 0.5) is 0 Å². The molecule has 2 rings (SSSR count). The third kappa shape index (κ3) is 2.86. The molecular weight excluding hydrogens is 322 g/mol. The first-order chi connectivity index (χ1) is 7.31. The lowest BCUT2D eigenvalue weighted by Gasteiger charge is -2.30. The van der Waals surface area contributed by atoms with Gasteiger partial charge >= 0.3 is 0 Å². The summed E-state index contributed by atoms with van der Waals surface area (Å²) in [6, 6.07) is 8.55. The third-order valence-electron chi connectivity index (χ3n) is 2.84. The van der Waals surface area contributed by atoms with Crippen LogP contribution in [0.25, 0.3) is 0 Å². The molecule has 0 aromatic heterocycles. The molecule has 0 spiro atoms. The van der Waals surface area contributed by atoms with Gasteiger partial charge in [-0.25, -0.2) is 0 Å². The van der Waals surface area contributed by atoms with E-state index in [0.29, 0.717) is 11.8 Å². The van der Waals surface area contributed by atoms with Gasteiger partial charge in [0.1, 0.15) is 0 Å². The summed E-state index contributed by atoms with van der Waals surface area (Å²) in [4.78, 5) is 0. The van der Waals surface area contributed by atoms with Crippen LogP contribution >= 0.6 is 34.2 Å². The van der Waals surface area contributed by atoms with Crippen LogP contribution in [0.1, 0.15) is 24.5 Å². The largest absolute Gasteiger partial charge is 0.373 e. The topological polar surface area (TPSA) is 9.23 Å². The molecule has 15 heavy (non-hydrogen) atoms. The molecule has 0 N–H and O–H groups in total. The molecule has 1 fully saturated rings. The van der Waals surface area contributed by atoms with Crippen molar-refractivity contribution in [3.63, 3.8) is 0 Å². The number of hydrogen-bond donors (Lipinski definition) is 0. The molecule has 0 radical (unpaired) electrons. The maximum absolute atomic E-state index is 5.97. The van der Waals surface area contributed by atoms with Crippen molar-refractivity contribution in [2.75, 3.05) is 12.5 Å². The zero-order valence-electron chi connectivity index (χ0n) is 8.46. The average molecular weight is 337 g/mol. The smallest absolute Gasteiger partial charge is 0.0864 e. The summed E-state index contributed by atoms with van der Waals surface area (Å²) in [6.45, 7) is 0.865. The standard InChI is InChI=1S/C12H14ClIO/c13-8-10-2-1-7-15-12(10)9-3-5-11(14)6-4-9/h3-6,10,12H,1-2,7-8H2. The van der Waals surface area contributed by atoms with Crippen LogP contribution in [0.2, 0.25) is 0 Å². The molecule has 0 saturated carbocycles. The van der Waals surface area contributed by atoms with Crippen molar-refractivity contribution in [1.82, 2.24) is 0 Å². The Morgan fingerprint density at radius 1 is 1.33 bits per heavy atom. The number of ether oxygens (including phenoxy) is 1. The summed E-state index contributed by atoms with van der Waals surface area (Å²) < 4.78 is 7.08. The molecule has 1 heterocycles. The summed E-state index contributed by atoms with van der Waals surface area (Å²) in [5.74, 6) is 1.16. The molecule has 2 atom stereocenters. The molecular formula is C12H14ClIO. The predicted molar refractivity (Wildman–Crippen MR) is 71.3 cm³/mol. The molecule has 1 aliphatic rings. The first-order valence-electron chi connectivity index (χ1n) is 5.24. The van der Waals surface area contributed by atoms with E-state index in [0.717, 1.165) is 13.0 Å². The van der Waals surface area contributed by atoms with Crippen LogP contribution < -0.4 is 0 Å². The van der Waals surface area contributed by atoms with E-state index in [4.69, 9.17) is 16.3 Å². The van der Waals surface area contributed by atoms with Crippen molar-refractivity contribution in [1.29, 1.82) is 0 Å². The second kappa shape index (κ2) is 5.51. The summed E-state index contributed by atoms with van der Waals surface area (Å²) >= 11 is 8.29. The fraction of sp³-hybridized carbons (Fsp3) is 0.500. The third-order valence-corrected chi connectivity index (χ3v) is 3.96. The average Bonchev–Trinajstić information content (AvgIpc) is 2.30. The highest BCUT2D eigenvalue weighted by Gasteiger charge is 2.26. The number of alkyl halides is 1. The van der Waals surface area contributed by atoms with Gasteiger partial charge in [0.15, 0.2) is 0 Å². The minimum atomic E-state index is 0.202. The number of rotatable bonds is 2. The molecule has 1 aliphatic heterocycles. The molecule has 1 aromatic rings. The maximum atomic E-state index is 5.97. The first-order valence-corrected chi connectivity index (χ1v) is 6.85. The summed E-state index contributed by atoms with van der Waals surface area (Å²) in [7, 11) is 0. The van der Waals surface area contributed by atoms with Crippen LogP contribution in [0, 0.1) is 9.49 Å². The maximum Gasteiger partial charge on any atom is 0.0864 e. The molecule has 0 amide bonds. The Bertz CT molecular complexity index is 312. The molecule has 1 nitrogen and oxygen atoms in total. The van der Waals surface area contributed by atoms with Crippen molar-refractivity contribution >= 4 is 34.2 Å². The second-order valence-corrected chi connectivity index (χ2v) is 5.45. The van der Waals surface area contributed by atoms with Gasteiger partial charge in [-0.05, 0) is 53.1 Å². The molecule has 0 bridgehead atoms. The van der Waals surface area contributed by atoms with E-state index < -0.39 is 0 Å². The van der Waals surface area contributed by atoms with E-state index in [1.807, 2.05) is 0 Å². The minimum Gasteiger partial charge on any atom is -0.373 e. The lowest BCUT2D eigenvalue weighted by molar-refractivity contribution is -0.0208. The van der Waals surface area contributed by atoms with Crippen molar-refractivity contribution in [2.24, 2.45) is 5.92 Å². The van der Waals surface area contributed by atoms with Gasteiger partial charge in [-0.3, -0.25) is 0 Å². The fourth-order valence-corrected chi connectivity index (χ4v) is 2.70. The normalized spacial score (nSPS) is 26.5. The zero-order chi connectivity index (χ0) is 10.7. The molecule has 0 aliphatic carbocycles. The monoisotopic (exact) mass is 336 g/mol. The fourth-order valence-electron chi connectivity index (χ4n) is 2.02. The van der Waals surface area contributed by atoms with E-state index in [9.17, 15) is 0 Å². The van der Waals surface area contributed by atoms with Crippen molar-refractivity contribution in [3.8, 4) is 0 Å². The molecule has 1 aromatic carbocycles. The molecule has 2 unspecified atom stereocenters. The van der Waals surface area contributed by atoms with Gasteiger partial charge in [0.25, 0.3) is 0 Å². The van der Waals surface area contributed by atoms with E-state index >= 15 is 0 Å². The van der Waals surface area contributed by atoms with Crippen LogP contribution in [-0.2, 0) is 4.74 Å². The van der Waals surface area contributed by atoms with Crippen LogP contribution in [-0.4, -0.2) is 12.5 Å². The predicted octanol–water partition coefficient (Wildman–Crippen LogP) is 4.00. The quantitative estimate of drug-likeness (QED) is 0.586. The van der Waals surface area contributed by atoms with Gasteiger partial charge in [-0.15, -0.1) is 11.6 Å². The van der Waals surface area contributed by atoms with Crippen LogP contribution in [0.5, 0.6) is 0 Å². The van der Waals surface area contributed by atoms with E-state index in [2.05, 4.69) is 46.9 Å². The molecule has 1 saturated heterocycles. The Kier molecular flexibility index (Phi) is 4.29. The van der Waals surface area contributed by atoms with Crippen molar-refractivity contribution in [2.45, 2.75) is 18.9 Å². The molecule has 3 heteroatoms. The number of hydrogen-bond acceptors (Lipinski definition) is 1. The Hall–Kier alpha value is 0.200. The number of benzene rings is 1. The lowest BCUT2D eigenvalue weighted by Crippen LogP contribution is -2.23. The van der Waals surface area contributed by atoms with E-state index in [-0.39, 0.29) is 6.10 Å². The highest BCUT2D eigenvalue weighted by atomic mass is 127. The Morgan fingerprint density at radius 3 is 2.73 bits per heavy atom. The number of halogens is 2. The van der Waals surface area contributed by atoms with E-state index in [1.165, 1.54) is 15.6 Å². The molecule has 82 valence electrons. The highest BCUT2D eigenvalue weighted by molar-refractivity contribution is 14.1. The first kappa shape index (κ1) is 11.7. The van der Waals surface area contributed by atoms with Gasteiger partial charge in [0.05, 0.1) is 6.10 Å². The van der Waals surface area contributed by atoms with Gasteiger partial charge in [0.2, 0.25) is 0 Å². The van der Waals surface area contributed by atoms with Gasteiger partial charge < -0.3 is 4.74 Å². The van der Waals surface area contributed by atoms with Crippen molar-refractivity contribution < 1.29 is 4.74 Å². The SMILES string of the molecule is ClCC1CCCOC1c1ccc(I)cc1. The zero-order valence-corrected chi connectivity index (χ0v) is 11.4. The Labute approximate surface area is 109 Å². The highest BCUT2D eigenvalue weighted by Crippen LogP contribution is 2.34.